The summed E-state index contributed by atoms with van der Waals surface area (Å²) >= 11 is 0. The second kappa shape index (κ2) is 3.82. The number of ether oxygens (including phenoxy) is 1. The number of fused-ring (bicyclic) bond motifs is 2. The van der Waals surface area contributed by atoms with Crippen molar-refractivity contribution in [3.05, 3.63) is 12.2 Å². The first-order valence-corrected chi connectivity index (χ1v) is 9.64. The van der Waals surface area contributed by atoms with E-state index in [1.165, 1.54) is 0 Å². The van der Waals surface area contributed by atoms with E-state index >= 15 is 0 Å². The van der Waals surface area contributed by atoms with E-state index in [1.807, 2.05) is 0 Å². The topological polar surface area (TPSA) is 55.4 Å². The highest BCUT2D eigenvalue weighted by atomic mass is 16.5. The maximum absolute atomic E-state index is 13.3. The molecule has 0 radical (unpaired) electrons. The normalized spacial score (nSPS) is 60.0. The van der Waals surface area contributed by atoms with Crippen LogP contribution in [-0.2, 0) is 14.3 Å². The fourth-order valence-electron chi connectivity index (χ4n) is 8.22. The van der Waals surface area contributed by atoms with Crippen molar-refractivity contribution in [3.8, 4) is 0 Å². The average Bonchev–Trinajstić information content (AvgIpc) is 2.58. The summed E-state index contributed by atoms with van der Waals surface area (Å²) in [5.74, 6) is 1.61. The first-order valence-electron chi connectivity index (χ1n) is 9.64. The molecule has 8 rings (SSSR count). The number of amides is 1. The number of carbonyl (C=O) groups excluding carboxylic acids is 2. The van der Waals surface area contributed by atoms with Crippen molar-refractivity contribution >= 4 is 11.7 Å². The molecule has 8 aliphatic rings. The van der Waals surface area contributed by atoms with Crippen molar-refractivity contribution in [2.75, 3.05) is 0 Å². The monoisotopic (exact) mass is 327 g/mol. The summed E-state index contributed by atoms with van der Waals surface area (Å²) in [6.45, 7) is 6.31. The van der Waals surface area contributed by atoms with Crippen molar-refractivity contribution in [1.29, 1.82) is 0 Å². The highest BCUT2D eigenvalue weighted by Gasteiger charge is 2.79. The van der Waals surface area contributed by atoms with Crippen molar-refractivity contribution in [2.24, 2.45) is 34.0 Å². The van der Waals surface area contributed by atoms with Gasteiger partial charge in [-0.3, -0.25) is 9.59 Å². The number of Topliss-reactive ketones (excluding diaryl/α,β-unsaturated/α-hetero) is 1. The molecule has 3 saturated heterocycles. The number of hydrogen-bond acceptors (Lipinski definition) is 3. The molecule has 4 heteroatoms. The third kappa shape index (κ3) is 1.14. The van der Waals surface area contributed by atoms with Gasteiger partial charge in [0.25, 0.3) is 0 Å². The Morgan fingerprint density at radius 1 is 1.17 bits per heavy atom. The molecule has 3 aliphatic heterocycles. The number of allylic oxidation sites excluding steroid dienone is 1. The fourth-order valence-corrected chi connectivity index (χ4v) is 8.22. The van der Waals surface area contributed by atoms with Gasteiger partial charge in [0.05, 0.1) is 16.9 Å². The maximum atomic E-state index is 13.3. The smallest absolute Gasteiger partial charge is 0.228 e. The number of nitrogens with one attached hydrogen (secondary N) is 1. The molecule has 3 heterocycles. The van der Waals surface area contributed by atoms with Crippen LogP contribution in [0.5, 0.6) is 0 Å². The molecule has 128 valence electrons. The molecule has 5 saturated carbocycles. The molecule has 7 bridgehead atoms. The van der Waals surface area contributed by atoms with Gasteiger partial charge >= 0.3 is 0 Å². The van der Waals surface area contributed by atoms with Gasteiger partial charge in [-0.25, -0.2) is 0 Å². The third-order valence-corrected chi connectivity index (χ3v) is 9.22. The van der Waals surface area contributed by atoms with E-state index in [0.29, 0.717) is 23.5 Å². The summed E-state index contributed by atoms with van der Waals surface area (Å²) in [6, 6.07) is 0. The predicted octanol–water partition coefficient (Wildman–Crippen LogP) is 2.58. The molecule has 1 N–H and O–H groups in total. The Morgan fingerprint density at radius 2 is 2.00 bits per heavy atom. The molecule has 24 heavy (non-hydrogen) atoms. The Kier molecular flexibility index (Phi) is 2.24. The summed E-state index contributed by atoms with van der Waals surface area (Å²) in [5, 5.41) is 3.23. The fraction of sp³-hybridized carbons (Fsp3) is 0.800. The predicted molar refractivity (Wildman–Crippen MR) is 86.7 cm³/mol. The molecule has 4 nitrogen and oxygen atoms in total. The van der Waals surface area contributed by atoms with Gasteiger partial charge in [0, 0.05) is 5.41 Å². The van der Waals surface area contributed by atoms with Crippen LogP contribution in [0.4, 0.5) is 0 Å². The zero-order valence-corrected chi connectivity index (χ0v) is 14.3. The Bertz CT molecular complexity index is 716. The number of rotatable bonds is 0. The van der Waals surface area contributed by atoms with Crippen LogP contribution in [0, 0.1) is 34.0 Å². The van der Waals surface area contributed by atoms with Crippen molar-refractivity contribution in [3.63, 3.8) is 0 Å². The quantitative estimate of drug-likeness (QED) is 0.696. The number of hydrogen-bond donors (Lipinski definition) is 1. The lowest BCUT2D eigenvalue weighted by Gasteiger charge is -2.76. The molecule has 0 aromatic heterocycles. The minimum Gasteiger partial charge on any atom is -0.354 e. The largest absolute Gasteiger partial charge is 0.354 e. The van der Waals surface area contributed by atoms with Crippen molar-refractivity contribution < 1.29 is 14.3 Å². The van der Waals surface area contributed by atoms with Crippen LogP contribution >= 0.6 is 0 Å². The molecule has 0 aromatic carbocycles. The molecule has 1 amide bonds. The van der Waals surface area contributed by atoms with E-state index < -0.39 is 0 Å². The van der Waals surface area contributed by atoms with Crippen LogP contribution in [0.3, 0.4) is 0 Å². The van der Waals surface area contributed by atoms with Crippen LogP contribution in [0.25, 0.3) is 0 Å². The molecule has 0 aromatic rings. The minimum atomic E-state index is -0.334. The van der Waals surface area contributed by atoms with Crippen LogP contribution in [-0.4, -0.2) is 24.0 Å². The lowest BCUT2D eigenvalue weighted by Crippen LogP contribution is -2.82. The Labute approximate surface area is 142 Å². The first kappa shape index (κ1) is 14.1. The molecule has 8 atom stereocenters. The summed E-state index contributed by atoms with van der Waals surface area (Å²) < 4.78 is 6.46. The highest BCUT2D eigenvalue weighted by Crippen LogP contribution is 2.76. The summed E-state index contributed by atoms with van der Waals surface area (Å²) in [6.07, 6.45) is 7.01. The lowest BCUT2D eigenvalue weighted by molar-refractivity contribution is -0.343. The van der Waals surface area contributed by atoms with E-state index in [4.69, 9.17) is 4.74 Å². The molecule has 0 unspecified atom stereocenters. The van der Waals surface area contributed by atoms with Gasteiger partial charge in [0.2, 0.25) is 5.91 Å². The minimum absolute atomic E-state index is 0.0231. The summed E-state index contributed by atoms with van der Waals surface area (Å²) in [7, 11) is 0. The number of ketones is 1. The molecular weight excluding hydrogens is 302 g/mol. The Balaban J connectivity index is 1.58. The lowest BCUT2D eigenvalue weighted by atomic mass is 9.33. The van der Waals surface area contributed by atoms with Crippen LogP contribution in [0.15, 0.2) is 12.2 Å². The number of carbonyl (C=O) groups is 2. The zero-order valence-electron chi connectivity index (χ0n) is 14.3. The van der Waals surface area contributed by atoms with Gasteiger partial charge in [-0.15, -0.1) is 0 Å². The van der Waals surface area contributed by atoms with Crippen LogP contribution < -0.4 is 5.32 Å². The van der Waals surface area contributed by atoms with Gasteiger partial charge in [0.15, 0.2) is 5.78 Å². The molecule has 5 aliphatic carbocycles. The van der Waals surface area contributed by atoms with Gasteiger partial charge < -0.3 is 10.1 Å². The first-order chi connectivity index (χ1) is 11.4. The molecular formula is C20H25NO3. The van der Waals surface area contributed by atoms with E-state index in [9.17, 15) is 9.59 Å². The van der Waals surface area contributed by atoms with E-state index in [0.717, 1.165) is 50.5 Å². The van der Waals surface area contributed by atoms with Gasteiger partial charge in [0.1, 0.15) is 6.23 Å². The Hall–Kier alpha value is -1.16. The van der Waals surface area contributed by atoms with E-state index in [-0.39, 0.29) is 34.5 Å². The van der Waals surface area contributed by atoms with Crippen molar-refractivity contribution in [2.45, 2.75) is 64.2 Å². The van der Waals surface area contributed by atoms with Gasteiger partial charge in [-0.2, -0.15) is 0 Å². The Morgan fingerprint density at radius 3 is 2.83 bits per heavy atom. The van der Waals surface area contributed by atoms with E-state index in [2.05, 4.69) is 18.8 Å². The number of piperidine rings is 1. The van der Waals surface area contributed by atoms with E-state index in [1.54, 1.807) is 0 Å². The molecule has 8 fully saturated rings. The van der Waals surface area contributed by atoms with Crippen molar-refractivity contribution in [1.82, 2.24) is 5.32 Å². The highest BCUT2D eigenvalue weighted by molar-refractivity contribution is 6.02. The van der Waals surface area contributed by atoms with Gasteiger partial charge in [-0.05, 0) is 61.9 Å². The second-order valence-corrected chi connectivity index (χ2v) is 9.57. The maximum Gasteiger partial charge on any atom is 0.228 e. The molecule has 2 spiro atoms. The average molecular weight is 327 g/mol. The standard InChI is InChI=1S/C20H25NO3/c1-10-11-4-7-20(15(10)22)13(8-11)19-6-3-5-18(2)12(19)9-14(20)24-17(19)21-16(18)23/h11-14,17H,1,3-9H2,2H3,(H,21,23)/t11-,12+,13-,14+,17+,18+,19-,20+/m0/s1. The summed E-state index contributed by atoms with van der Waals surface area (Å²) in [5.41, 5.74) is 0.233. The van der Waals surface area contributed by atoms with Gasteiger partial charge in [-0.1, -0.05) is 19.9 Å². The summed E-state index contributed by atoms with van der Waals surface area (Å²) in [4.78, 5) is 26.1. The third-order valence-electron chi connectivity index (χ3n) is 9.22. The zero-order chi connectivity index (χ0) is 16.5. The second-order valence-electron chi connectivity index (χ2n) is 9.57. The SMILES string of the molecule is C=C1C(=O)[C@]23CC[C@H]1C[C@H]2[C@@]12CCC[C@@]4(C)C(=O)N[C@@H]1O[C@@H]3C[C@@H]24. The van der Waals surface area contributed by atoms with Crippen LogP contribution in [0.2, 0.25) is 0 Å². The van der Waals surface area contributed by atoms with Crippen LogP contribution in [0.1, 0.15) is 51.9 Å².